The van der Waals surface area contributed by atoms with Gasteiger partial charge in [0.2, 0.25) is 11.8 Å². The van der Waals surface area contributed by atoms with Crippen molar-refractivity contribution in [2.45, 2.75) is 58.7 Å². The number of benzene rings is 1. The zero-order valence-electron chi connectivity index (χ0n) is 15.7. The van der Waals surface area contributed by atoms with Crippen LogP contribution < -0.4 is 0 Å². The van der Waals surface area contributed by atoms with Crippen LogP contribution in [0, 0.1) is 5.41 Å². The van der Waals surface area contributed by atoms with Crippen LogP contribution in [0.2, 0.25) is 0 Å². The van der Waals surface area contributed by atoms with Gasteiger partial charge in [0.1, 0.15) is 0 Å². The molecule has 2 aromatic rings. The normalized spacial score (nSPS) is 22.1. The van der Waals surface area contributed by atoms with Crippen LogP contribution in [-0.4, -0.2) is 40.9 Å². The second kappa shape index (κ2) is 7.67. The van der Waals surface area contributed by atoms with Gasteiger partial charge in [-0.1, -0.05) is 45.4 Å². The van der Waals surface area contributed by atoms with E-state index in [1.165, 1.54) is 6.42 Å². The molecule has 3 rings (SSSR count). The molecule has 1 aromatic heterocycles. The van der Waals surface area contributed by atoms with Gasteiger partial charge < -0.3 is 9.15 Å². The van der Waals surface area contributed by atoms with Crippen LogP contribution in [0.3, 0.4) is 0 Å². The van der Waals surface area contributed by atoms with E-state index in [4.69, 9.17) is 9.15 Å². The van der Waals surface area contributed by atoms with Gasteiger partial charge in [0.25, 0.3) is 0 Å². The van der Waals surface area contributed by atoms with E-state index in [1.807, 2.05) is 30.3 Å². The number of nitrogens with zero attached hydrogens (tertiary/aromatic N) is 3. The summed E-state index contributed by atoms with van der Waals surface area (Å²) in [5.74, 6) is 1.24. The van der Waals surface area contributed by atoms with Crippen molar-refractivity contribution in [3.63, 3.8) is 0 Å². The molecule has 1 fully saturated rings. The monoisotopic (exact) mass is 343 g/mol. The molecule has 2 atom stereocenters. The fourth-order valence-corrected chi connectivity index (χ4v) is 3.60. The zero-order chi connectivity index (χ0) is 17.9. The lowest BCUT2D eigenvalue weighted by molar-refractivity contribution is -0.150. The molecule has 5 heteroatoms. The molecule has 0 N–H and O–H groups in total. The van der Waals surface area contributed by atoms with Gasteiger partial charge in [-0.15, -0.1) is 10.2 Å². The predicted molar refractivity (Wildman–Crippen MR) is 98.0 cm³/mol. The minimum absolute atomic E-state index is 0.144. The van der Waals surface area contributed by atoms with Gasteiger partial charge in [0.15, 0.2) is 0 Å². The number of unbranched alkanes of at least 4 members (excludes halogenated alkanes) is 1. The molecule has 136 valence electrons. The predicted octanol–water partition coefficient (Wildman–Crippen LogP) is 4.15. The molecule has 0 aliphatic heterocycles. The van der Waals surface area contributed by atoms with Gasteiger partial charge >= 0.3 is 0 Å². The molecule has 0 unspecified atom stereocenters. The Hall–Kier alpha value is -1.72. The van der Waals surface area contributed by atoms with Crippen LogP contribution in [0.15, 0.2) is 34.7 Å². The van der Waals surface area contributed by atoms with Crippen LogP contribution >= 0.6 is 0 Å². The van der Waals surface area contributed by atoms with Crippen molar-refractivity contribution in [1.29, 1.82) is 0 Å². The van der Waals surface area contributed by atoms with Gasteiger partial charge in [-0.3, -0.25) is 4.90 Å². The van der Waals surface area contributed by atoms with E-state index in [0.29, 0.717) is 30.5 Å². The molecular formula is C20H29N3O2. The Balaban J connectivity index is 1.56. The van der Waals surface area contributed by atoms with E-state index in [0.717, 1.165) is 25.0 Å². The summed E-state index contributed by atoms with van der Waals surface area (Å²) >= 11 is 0. The van der Waals surface area contributed by atoms with Crippen LogP contribution in [-0.2, 0) is 11.3 Å². The molecule has 1 aromatic carbocycles. The lowest BCUT2D eigenvalue weighted by atomic mass is 9.64. The molecule has 1 saturated carbocycles. The molecule has 1 heterocycles. The molecule has 25 heavy (non-hydrogen) atoms. The van der Waals surface area contributed by atoms with Crippen molar-refractivity contribution in [3.8, 4) is 11.5 Å². The highest BCUT2D eigenvalue weighted by Gasteiger charge is 2.50. The summed E-state index contributed by atoms with van der Waals surface area (Å²) in [6, 6.07) is 10.3. The minimum Gasteiger partial charge on any atom is -0.419 e. The van der Waals surface area contributed by atoms with Crippen LogP contribution in [0.1, 0.15) is 45.9 Å². The highest BCUT2D eigenvalue weighted by atomic mass is 16.5. The van der Waals surface area contributed by atoms with E-state index in [1.54, 1.807) is 0 Å². The summed E-state index contributed by atoms with van der Waals surface area (Å²) in [7, 11) is 2.13. The van der Waals surface area contributed by atoms with Gasteiger partial charge in [-0.2, -0.15) is 0 Å². The summed E-state index contributed by atoms with van der Waals surface area (Å²) < 4.78 is 11.9. The molecule has 0 saturated heterocycles. The van der Waals surface area contributed by atoms with Crippen LogP contribution in [0.4, 0.5) is 0 Å². The maximum absolute atomic E-state index is 6.05. The Morgan fingerprint density at radius 3 is 2.68 bits per heavy atom. The number of hydrogen-bond donors (Lipinski definition) is 0. The topological polar surface area (TPSA) is 51.4 Å². The minimum atomic E-state index is 0.144. The van der Waals surface area contributed by atoms with Crippen LogP contribution in [0.25, 0.3) is 11.5 Å². The largest absolute Gasteiger partial charge is 0.419 e. The lowest BCUT2D eigenvalue weighted by Gasteiger charge is -2.54. The molecule has 0 spiro atoms. The molecule has 0 amide bonds. The second-order valence-corrected chi connectivity index (χ2v) is 7.57. The van der Waals surface area contributed by atoms with Gasteiger partial charge in [0, 0.05) is 23.6 Å². The summed E-state index contributed by atoms with van der Waals surface area (Å²) in [4.78, 5) is 2.31. The van der Waals surface area contributed by atoms with Crippen molar-refractivity contribution >= 4 is 0 Å². The van der Waals surface area contributed by atoms with E-state index < -0.39 is 0 Å². The average Bonchev–Trinajstić information content (AvgIpc) is 3.06. The molecule has 5 nitrogen and oxygen atoms in total. The van der Waals surface area contributed by atoms with E-state index in [9.17, 15) is 0 Å². The summed E-state index contributed by atoms with van der Waals surface area (Å²) in [6.45, 7) is 8.30. The third-order valence-electron chi connectivity index (χ3n) is 5.35. The maximum atomic E-state index is 6.05. The number of aromatic nitrogens is 2. The Labute approximate surface area is 150 Å². The Morgan fingerprint density at radius 2 is 2.00 bits per heavy atom. The van der Waals surface area contributed by atoms with Crippen molar-refractivity contribution in [2.24, 2.45) is 5.41 Å². The first-order chi connectivity index (χ1) is 12.0. The first-order valence-electron chi connectivity index (χ1n) is 9.22. The molecule has 1 aliphatic carbocycles. The quantitative estimate of drug-likeness (QED) is 0.674. The van der Waals surface area contributed by atoms with Crippen molar-refractivity contribution in [2.75, 3.05) is 13.7 Å². The van der Waals surface area contributed by atoms with Crippen LogP contribution in [0.5, 0.6) is 0 Å². The number of rotatable bonds is 8. The summed E-state index contributed by atoms with van der Waals surface area (Å²) in [5, 5.41) is 8.39. The molecule has 1 aliphatic rings. The highest BCUT2D eigenvalue weighted by molar-refractivity contribution is 5.51. The van der Waals surface area contributed by atoms with Gasteiger partial charge in [0.05, 0.1) is 12.6 Å². The fourth-order valence-electron chi connectivity index (χ4n) is 3.60. The summed E-state index contributed by atoms with van der Waals surface area (Å²) in [5.41, 5.74) is 1.10. The Bertz CT molecular complexity index is 669. The zero-order valence-corrected chi connectivity index (χ0v) is 15.7. The smallest absolute Gasteiger partial charge is 0.247 e. The average molecular weight is 343 g/mol. The van der Waals surface area contributed by atoms with E-state index in [2.05, 4.69) is 42.9 Å². The third kappa shape index (κ3) is 3.93. The third-order valence-corrected chi connectivity index (χ3v) is 5.35. The van der Waals surface area contributed by atoms with Crippen molar-refractivity contribution in [3.05, 3.63) is 36.2 Å². The molecule has 0 bridgehead atoms. The van der Waals surface area contributed by atoms with E-state index >= 15 is 0 Å². The number of hydrogen-bond acceptors (Lipinski definition) is 5. The fraction of sp³-hybridized carbons (Fsp3) is 0.600. The molecule has 0 radical (unpaired) electrons. The SMILES string of the molecule is CCCCO[C@@H]1C[C@H](N(C)Cc2nnc(-c3ccccc3)o2)C1(C)C. The number of ether oxygens (including phenoxy) is 1. The van der Waals surface area contributed by atoms with Crippen molar-refractivity contribution in [1.82, 2.24) is 15.1 Å². The highest BCUT2D eigenvalue weighted by Crippen LogP contribution is 2.45. The maximum Gasteiger partial charge on any atom is 0.247 e. The lowest BCUT2D eigenvalue weighted by Crippen LogP contribution is -2.61. The Morgan fingerprint density at radius 1 is 1.24 bits per heavy atom. The second-order valence-electron chi connectivity index (χ2n) is 7.57. The first kappa shape index (κ1) is 18.1. The van der Waals surface area contributed by atoms with Gasteiger partial charge in [-0.05, 0) is 32.0 Å². The standard InChI is InChI=1S/C20H29N3O2/c1-5-6-12-24-17-13-16(20(17,2)3)23(4)14-18-21-22-19(25-18)15-10-8-7-9-11-15/h7-11,16-17H,5-6,12-14H2,1-4H3/t16-,17+/m0/s1. The Kier molecular flexibility index (Phi) is 5.54. The molecular weight excluding hydrogens is 314 g/mol. The van der Waals surface area contributed by atoms with Crippen molar-refractivity contribution < 1.29 is 9.15 Å². The van der Waals surface area contributed by atoms with Gasteiger partial charge in [-0.25, -0.2) is 0 Å². The first-order valence-corrected chi connectivity index (χ1v) is 9.22. The summed E-state index contributed by atoms with van der Waals surface area (Å²) in [6.07, 6.45) is 3.72. The van der Waals surface area contributed by atoms with E-state index in [-0.39, 0.29) is 5.41 Å².